The van der Waals surface area contributed by atoms with Crippen LogP contribution in [0.15, 0.2) is 42.5 Å². The van der Waals surface area contributed by atoms with Gasteiger partial charge in [-0.3, -0.25) is 14.9 Å². The summed E-state index contributed by atoms with van der Waals surface area (Å²) in [5, 5.41) is 11.1. The Morgan fingerprint density at radius 3 is 2.55 bits per heavy atom. The van der Waals surface area contributed by atoms with Gasteiger partial charge in [-0.15, -0.1) is 0 Å². The van der Waals surface area contributed by atoms with Crippen molar-refractivity contribution in [1.82, 2.24) is 4.90 Å². The predicted octanol–water partition coefficient (Wildman–Crippen LogP) is 3.40. The molecule has 0 saturated carbocycles. The standard InChI is InChI=1S/C16H16N2O4/c1-11-7-8-15(14(9-11)18(20)21)22-13-6-4-5-12(10-13)16(19)17(2)3/h4-10H,1-3H3. The van der Waals surface area contributed by atoms with Crippen molar-refractivity contribution in [3.63, 3.8) is 0 Å². The predicted molar refractivity (Wildman–Crippen MR) is 82.4 cm³/mol. The Kier molecular flexibility index (Phi) is 4.41. The molecule has 0 aromatic heterocycles. The molecule has 0 radical (unpaired) electrons. The third kappa shape index (κ3) is 3.41. The maximum atomic E-state index is 11.9. The number of aryl methyl sites for hydroxylation is 1. The Hall–Kier alpha value is -2.89. The van der Waals surface area contributed by atoms with E-state index in [2.05, 4.69) is 0 Å². The smallest absolute Gasteiger partial charge is 0.311 e. The Labute approximate surface area is 128 Å². The summed E-state index contributed by atoms with van der Waals surface area (Å²) in [6.07, 6.45) is 0. The number of ether oxygens (including phenoxy) is 1. The van der Waals surface area contributed by atoms with E-state index in [-0.39, 0.29) is 17.3 Å². The Morgan fingerprint density at radius 2 is 1.91 bits per heavy atom. The van der Waals surface area contributed by atoms with Gasteiger partial charge in [0.25, 0.3) is 5.91 Å². The first-order valence-corrected chi connectivity index (χ1v) is 6.63. The van der Waals surface area contributed by atoms with Crippen molar-refractivity contribution in [3.05, 3.63) is 63.7 Å². The minimum Gasteiger partial charge on any atom is -0.450 e. The molecule has 1 amide bonds. The minimum atomic E-state index is -0.489. The number of carbonyl (C=O) groups excluding carboxylic acids is 1. The zero-order chi connectivity index (χ0) is 16.3. The second-order valence-electron chi connectivity index (χ2n) is 5.06. The van der Waals surface area contributed by atoms with E-state index < -0.39 is 4.92 Å². The van der Waals surface area contributed by atoms with Gasteiger partial charge in [-0.2, -0.15) is 0 Å². The van der Waals surface area contributed by atoms with Crippen LogP contribution in [0, 0.1) is 17.0 Å². The fraction of sp³-hybridized carbons (Fsp3) is 0.188. The molecular formula is C16H16N2O4. The number of hydrogen-bond donors (Lipinski definition) is 0. The number of nitro benzene ring substituents is 1. The first kappa shape index (κ1) is 15.5. The molecule has 6 nitrogen and oxygen atoms in total. The average Bonchev–Trinajstić information content (AvgIpc) is 2.48. The van der Waals surface area contributed by atoms with Gasteiger partial charge in [0.05, 0.1) is 4.92 Å². The molecule has 114 valence electrons. The minimum absolute atomic E-state index is 0.107. The normalized spacial score (nSPS) is 10.1. The second kappa shape index (κ2) is 6.26. The van der Waals surface area contributed by atoms with Crippen LogP contribution in [-0.2, 0) is 0 Å². The van der Waals surface area contributed by atoms with Crippen LogP contribution in [0.25, 0.3) is 0 Å². The van der Waals surface area contributed by atoms with Crippen molar-refractivity contribution in [2.24, 2.45) is 0 Å². The number of amides is 1. The van der Waals surface area contributed by atoms with E-state index in [1.165, 1.54) is 11.0 Å². The monoisotopic (exact) mass is 300 g/mol. The highest BCUT2D eigenvalue weighted by molar-refractivity contribution is 5.94. The fourth-order valence-electron chi connectivity index (χ4n) is 1.93. The number of carbonyl (C=O) groups is 1. The molecule has 0 saturated heterocycles. The highest BCUT2D eigenvalue weighted by Gasteiger charge is 2.16. The Morgan fingerprint density at radius 1 is 1.18 bits per heavy atom. The van der Waals surface area contributed by atoms with Crippen molar-refractivity contribution in [2.45, 2.75) is 6.92 Å². The van der Waals surface area contributed by atoms with Gasteiger partial charge < -0.3 is 9.64 Å². The summed E-state index contributed by atoms with van der Waals surface area (Å²) in [6.45, 7) is 1.77. The number of benzene rings is 2. The lowest BCUT2D eigenvalue weighted by atomic mass is 10.2. The third-order valence-electron chi connectivity index (χ3n) is 3.03. The summed E-state index contributed by atoms with van der Waals surface area (Å²) in [7, 11) is 3.31. The van der Waals surface area contributed by atoms with Gasteiger partial charge >= 0.3 is 5.69 Å². The van der Waals surface area contributed by atoms with Crippen molar-refractivity contribution in [3.8, 4) is 11.5 Å². The molecule has 0 unspecified atom stereocenters. The van der Waals surface area contributed by atoms with Crippen LogP contribution in [0.5, 0.6) is 11.5 Å². The molecule has 0 N–H and O–H groups in total. The number of hydrogen-bond acceptors (Lipinski definition) is 4. The molecule has 22 heavy (non-hydrogen) atoms. The maximum absolute atomic E-state index is 11.9. The van der Waals surface area contributed by atoms with Crippen molar-refractivity contribution < 1.29 is 14.5 Å². The summed E-state index contributed by atoms with van der Waals surface area (Å²) in [4.78, 5) is 24.0. The van der Waals surface area contributed by atoms with Crippen molar-refractivity contribution >= 4 is 11.6 Å². The van der Waals surface area contributed by atoms with Crippen LogP contribution in [0.3, 0.4) is 0 Å². The zero-order valence-corrected chi connectivity index (χ0v) is 12.6. The van der Waals surface area contributed by atoms with Gasteiger partial charge in [0.15, 0.2) is 0 Å². The average molecular weight is 300 g/mol. The molecule has 2 rings (SSSR count). The van der Waals surface area contributed by atoms with Crippen molar-refractivity contribution in [2.75, 3.05) is 14.1 Å². The van der Waals surface area contributed by atoms with E-state index in [4.69, 9.17) is 4.74 Å². The van der Waals surface area contributed by atoms with E-state index >= 15 is 0 Å². The molecule has 2 aromatic rings. The van der Waals surface area contributed by atoms with E-state index in [1.807, 2.05) is 0 Å². The number of rotatable bonds is 4. The van der Waals surface area contributed by atoms with Gasteiger partial charge in [0.2, 0.25) is 5.75 Å². The first-order chi connectivity index (χ1) is 10.4. The summed E-state index contributed by atoms with van der Waals surface area (Å²) in [5.41, 5.74) is 1.12. The molecular weight excluding hydrogens is 284 g/mol. The maximum Gasteiger partial charge on any atom is 0.311 e. The Bertz CT molecular complexity index is 726. The lowest BCUT2D eigenvalue weighted by Gasteiger charge is -2.12. The van der Waals surface area contributed by atoms with E-state index in [1.54, 1.807) is 57.4 Å². The summed E-state index contributed by atoms with van der Waals surface area (Å²) in [5.74, 6) is 0.355. The lowest BCUT2D eigenvalue weighted by Crippen LogP contribution is -2.21. The van der Waals surface area contributed by atoms with Crippen LogP contribution in [0.1, 0.15) is 15.9 Å². The highest BCUT2D eigenvalue weighted by Crippen LogP contribution is 2.32. The van der Waals surface area contributed by atoms with Crippen LogP contribution in [0.2, 0.25) is 0 Å². The molecule has 0 spiro atoms. The summed E-state index contributed by atoms with van der Waals surface area (Å²) in [6, 6.07) is 11.3. The SMILES string of the molecule is Cc1ccc(Oc2cccc(C(=O)N(C)C)c2)c([N+](=O)[O-])c1. The molecule has 0 atom stereocenters. The quantitative estimate of drug-likeness (QED) is 0.641. The summed E-state index contributed by atoms with van der Waals surface area (Å²) >= 11 is 0. The molecule has 0 heterocycles. The molecule has 6 heteroatoms. The van der Waals surface area contributed by atoms with Gasteiger partial charge in [-0.25, -0.2) is 0 Å². The van der Waals surface area contributed by atoms with Crippen LogP contribution in [-0.4, -0.2) is 29.8 Å². The van der Waals surface area contributed by atoms with Gasteiger partial charge in [0, 0.05) is 25.7 Å². The van der Waals surface area contributed by atoms with E-state index in [0.717, 1.165) is 5.56 Å². The topological polar surface area (TPSA) is 72.7 Å². The lowest BCUT2D eigenvalue weighted by molar-refractivity contribution is -0.385. The fourth-order valence-corrected chi connectivity index (χ4v) is 1.93. The molecule has 0 aliphatic rings. The first-order valence-electron chi connectivity index (χ1n) is 6.63. The van der Waals surface area contributed by atoms with Crippen LogP contribution >= 0.6 is 0 Å². The highest BCUT2D eigenvalue weighted by atomic mass is 16.6. The van der Waals surface area contributed by atoms with Crippen LogP contribution in [0.4, 0.5) is 5.69 Å². The van der Waals surface area contributed by atoms with Crippen LogP contribution < -0.4 is 4.74 Å². The van der Waals surface area contributed by atoms with E-state index in [9.17, 15) is 14.9 Å². The molecule has 0 fully saturated rings. The number of nitro groups is 1. The molecule has 0 aliphatic heterocycles. The molecule has 2 aromatic carbocycles. The third-order valence-corrected chi connectivity index (χ3v) is 3.03. The molecule has 0 bridgehead atoms. The van der Waals surface area contributed by atoms with Gasteiger partial charge in [-0.1, -0.05) is 12.1 Å². The van der Waals surface area contributed by atoms with Gasteiger partial charge in [0.1, 0.15) is 5.75 Å². The number of nitrogens with zero attached hydrogens (tertiary/aromatic N) is 2. The van der Waals surface area contributed by atoms with E-state index in [0.29, 0.717) is 11.3 Å². The van der Waals surface area contributed by atoms with Gasteiger partial charge in [-0.05, 0) is 36.8 Å². The Balaban J connectivity index is 2.34. The van der Waals surface area contributed by atoms with Crippen molar-refractivity contribution in [1.29, 1.82) is 0 Å². The molecule has 0 aliphatic carbocycles. The summed E-state index contributed by atoms with van der Waals surface area (Å²) < 4.78 is 5.58. The second-order valence-corrected chi connectivity index (χ2v) is 5.06. The largest absolute Gasteiger partial charge is 0.450 e. The zero-order valence-electron chi connectivity index (χ0n) is 12.6.